The van der Waals surface area contributed by atoms with Crippen LogP contribution in [0.25, 0.3) is 0 Å². The molecule has 0 spiro atoms. The van der Waals surface area contributed by atoms with E-state index in [0.29, 0.717) is 11.4 Å². The Kier molecular flexibility index (Phi) is 4.06. The SMILES string of the molecule is CN(c1nnccc1C#N)C1CN(c2ccc(C(C)(C)C)nn2)C1. The second-order valence-electron chi connectivity index (χ2n) is 7.08. The van der Waals surface area contributed by atoms with E-state index in [9.17, 15) is 5.26 Å². The molecule has 0 aliphatic carbocycles. The Morgan fingerprint density at radius 1 is 1.17 bits per heavy atom. The molecule has 124 valence electrons. The van der Waals surface area contributed by atoms with Gasteiger partial charge in [-0.05, 0) is 18.2 Å². The van der Waals surface area contributed by atoms with Crippen molar-refractivity contribution in [2.24, 2.45) is 0 Å². The Hall–Kier alpha value is -2.75. The molecule has 0 atom stereocenters. The van der Waals surface area contributed by atoms with E-state index in [1.54, 1.807) is 6.07 Å². The van der Waals surface area contributed by atoms with E-state index in [0.717, 1.165) is 24.6 Å². The van der Waals surface area contributed by atoms with Crippen molar-refractivity contribution in [2.45, 2.75) is 32.2 Å². The van der Waals surface area contributed by atoms with Crippen molar-refractivity contribution in [3.63, 3.8) is 0 Å². The Labute approximate surface area is 141 Å². The van der Waals surface area contributed by atoms with Gasteiger partial charge in [0.2, 0.25) is 0 Å². The van der Waals surface area contributed by atoms with Crippen LogP contribution in [0.4, 0.5) is 11.6 Å². The number of anilines is 2. The zero-order valence-electron chi connectivity index (χ0n) is 14.4. The van der Waals surface area contributed by atoms with Crippen LogP contribution in [0.2, 0.25) is 0 Å². The molecule has 2 aromatic heterocycles. The third-order valence-electron chi connectivity index (χ3n) is 4.31. The van der Waals surface area contributed by atoms with E-state index in [1.807, 2.05) is 24.1 Å². The molecule has 24 heavy (non-hydrogen) atoms. The fraction of sp³-hybridized carbons (Fsp3) is 0.471. The van der Waals surface area contributed by atoms with Gasteiger partial charge in [-0.25, -0.2) is 0 Å². The average molecular weight is 323 g/mol. The van der Waals surface area contributed by atoms with Gasteiger partial charge in [0, 0.05) is 25.6 Å². The summed E-state index contributed by atoms with van der Waals surface area (Å²) in [6.07, 6.45) is 1.54. The summed E-state index contributed by atoms with van der Waals surface area (Å²) >= 11 is 0. The second kappa shape index (κ2) is 6.04. The van der Waals surface area contributed by atoms with Crippen LogP contribution in [-0.4, -0.2) is 46.6 Å². The summed E-state index contributed by atoms with van der Waals surface area (Å²) in [6, 6.07) is 8.18. The first-order valence-corrected chi connectivity index (χ1v) is 7.94. The van der Waals surface area contributed by atoms with E-state index >= 15 is 0 Å². The number of likely N-dealkylation sites (N-methyl/N-ethyl adjacent to an activating group) is 1. The lowest BCUT2D eigenvalue weighted by Crippen LogP contribution is -2.59. The topological polar surface area (TPSA) is 81.8 Å². The van der Waals surface area contributed by atoms with E-state index < -0.39 is 0 Å². The molecular weight excluding hydrogens is 302 g/mol. The number of nitriles is 1. The van der Waals surface area contributed by atoms with Crippen molar-refractivity contribution < 1.29 is 0 Å². The Morgan fingerprint density at radius 2 is 1.92 bits per heavy atom. The van der Waals surface area contributed by atoms with Crippen molar-refractivity contribution in [1.29, 1.82) is 5.26 Å². The first kappa shape index (κ1) is 16.1. The molecule has 2 aromatic rings. The standard InChI is InChI=1S/C17H21N7/c1-17(2,3)14-5-6-15(21-20-14)24-10-13(11-24)23(4)16-12(9-18)7-8-19-22-16/h5-8,13H,10-11H2,1-4H3. The molecule has 0 radical (unpaired) electrons. The average Bonchev–Trinajstić information content (AvgIpc) is 2.53. The van der Waals surface area contributed by atoms with Crippen molar-refractivity contribution in [3.05, 3.63) is 35.7 Å². The van der Waals surface area contributed by atoms with Gasteiger partial charge in [-0.1, -0.05) is 20.8 Å². The lowest BCUT2D eigenvalue weighted by atomic mass is 9.92. The summed E-state index contributed by atoms with van der Waals surface area (Å²) in [6.45, 7) is 8.01. The van der Waals surface area contributed by atoms with Gasteiger partial charge >= 0.3 is 0 Å². The zero-order chi connectivity index (χ0) is 17.3. The molecule has 1 aliphatic rings. The molecule has 0 amide bonds. The van der Waals surface area contributed by atoms with Gasteiger partial charge in [0.25, 0.3) is 0 Å². The van der Waals surface area contributed by atoms with Crippen molar-refractivity contribution in [3.8, 4) is 6.07 Å². The number of hydrogen-bond acceptors (Lipinski definition) is 7. The highest BCUT2D eigenvalue weighted by atomic mass is 15.4. The molecule has 0 N–H and O–H groups in total. The lowest BCUT2D eigenvalue weighted by Gasteiger charge is -2.44. The van der Waals surface area contributed by atoms with Gasteiger partial charge < -0.3 is 9.80 Å². The minimum absolute atomic E-state index is 0.00288. The number of rotatable bonds is 3. The van der Waals surface area contributed by atoms with Crippen LogP contribution in [0, 0.1) is 11.3 Å². The lowest BCUT2D eigenvalue weighted by molar-refractivity contribution is 0.484. The molecule has 0 aromatic carbocycles. The number of nitrogens with zero attached hydrogens (tertiary/aromatic N) is 7. The minimum atomic E-state index is 0.00288. The largest absolute Gasteiger partial charge is 0.351 e. The summed E-state index contributed by atoms with van der Waals surface area (Å²) in [5.74, 6) is 1.51. The molecule has 3 rings (SSSR count). The summed E-state index contributed by atoms with van der Waals surface area (Å²) in [5.41, 5.74) is 1.53. The van der Waals surface area contributed by atoms with E-state index in [-0.39, 0.29) is 11.5 Å². The third kappa shape index (κ3) is 3.00. The monoisotopic (exact) mass is 323 g/mol. The first-order valence-electron chi connectivity index (χ1n) is 7.94. The maximum atomic E-state index is 9.19. The molecule has 0 unspecified atom stereocenters. The van der Waals surface area contributed by atoms with E-state index in [1.165, 1.54) is 6.20 Å². The highest BCUT2D eigenvalue weighted by molar-refractivity contribution is 5.55. The highest BCUT2D eigenvalue weighted by Gasteiger charge is 2.33. The van der Waals surface area contributed by atoms with Gasteiger partial charge in [0.05, 0.1) is 23.5 Å². The zero-order valence-corrected chi connectivity index (χ0v) is 14.4. The molecule has 0 bridgehead atoms. The minimum Gasteiger partial charge on any atom is -0.351 e. The Bertz CT molecular complexity index is 752. The highest BCUT2D eigenvalue weighted by Crippen LogP contribution is 2.26. The van der Waals surface area contributed by atoms with Crippen LogP contribution in [0.15, 0.2) is 24.4 Å². The van der Waals surface area contributed by atoms with Crippen LogP contribution in [0.1, 0.15) is 32.0 Å². The first-order chi connectivity index (χ1) is 11.4. The fourth-order valence-corrected chi connectivity index (χ4v) is 2.63. The predicted molar refractivity (Wildman–Crippen MR) is 91.9 cm³/mol. The van der Waals surface area contributed by atoms with Crippen LogP contribution in [0.3, 0.4) is 0 Å². The summed E-state index contributed by atoms with van der Waals surface area (Å²) in [7, 11) is 1.95. The van der Waals surface area contributed by atoms with E-state index in [4.69, 9.17) is 0 Å². The van der Waals surface area contributed by atoms with Crippen LogP contribution in [-0.2, 0) is 5.41 Å². The molecule has 7 nitrogen and oxygen atoms in total. The Balaban J connectivity index is 1.66. The maximum Gasteiger partial charge on any atom is 0.169 e. The predicted octanol–water partition coefficient (Wildman–Crippen LogP) is 1.76. The fourth-order valence-electron chi connectivity index (χ4n) is 2.63. The maximum absolute atomic E-state index is 9.19. The van der Waals surface area contributed by atoms with Crippen LogP contribution >= 0.6 is 0 Å². The molecular formula is C17H21N7. The van der Waals surface area contributed by atoms with Crippen LogP contribution in [0.5, 0.6) is 0 Å². The van der Waals surface area contributed by atoms with Crippen molar-refractivity contribution >= 4 is 11.6 Å². The summed E-state index contributed by atoms with van der Waals surface area (Å²) < 4.78 is 0. The number of hydrogen-bond donors (Lipinski definition) is 0. The molecule has 1 fully saturated rings. The van der Waals surface area contributed by atoms with E-state index in [2.05, 4.69) is 52.1 Å². The molecule has 0 saturated carbocycles. The van der Waals surface area contributed by atoms with Crippen molar-refractivity contribution in [2.75, 3.05) is 29.9 Å². The van der Waals surface area contributed by atoms with Crippen molar-refractivity contribution in [1.82, 2.24) is 20.4 Å². The second-order valence-corrected chi connectivity index (χ2v) is 7.08. The van der Waals surface area contributed by atoms with Gasteiger partial charge in [0.15, 0.2) is 11.6 Å². The quantitative estimate of drug-likeness (QED) is 0.851. The third-order valence-corrected chi connectivity index (χ3v) is 4.31. The van der Waals surface area contributed by atoms with Gasteiger partial charge in [-0.15, -0.1) is 10.2 Å². The van der Waals surface area contributed by atoms with Gasteiger partial charge in [0.1, 0.15) is 6.07 Å². The molecule has 3 heterocycles. The smallest absolute Gasteiger partial charge is 0.169 e. The Morgan fingerprint density at radius 3 is 2.50 bits per heavy atom. The normalized spacial score (nSPS) is 14.9. The van der Waals surface area contributed by atoms with Crippen LogP contribution < -0.4 is 9.80 Å². The van der Waals surface area contributed by atoms with Gasteiger partial charge in [-0.3, -0.25) is 0 Å². The molecule has 7 heteroatoms. The summed E-state index contributed by atoms with van der Waals surface area (Å²) in [4.78, 5) is 4.18. The number of aromatic nitrogens is 4. The van der Waals surface area contributed by atoms with Gasteiger partial charge in [-0.2, -0.15) is 15.5 Å². The molecule has 1 saturated heterocycles. The summed E-state index contributed by atoms with van der Waals surface area (Å²) in [5, 5.41) is 25.9. The molecule has 1 aliphatic heterocycles.